The van der Waals surface area contributed by atoms with E-state index in [1.807, 2.05) is 0 Å². The Kier molecular flexibility index (Phi) is 4.62. The fourth-order valence-electron chi connectivity index (χ4n) is 1.59. The van der Waals surface area contributed by atoms with Gasteiger partial charge in [-0.05, 0) is 47.0 Å². The molecule has 7 heteroatoms. The summed E-state index contributed by atoms with van der Waals surface area (Å²) in [5.74, 6) is -0.264. The molecule has 0 spiro atoms. The number of hydrogen-bond donors (Lipinski definition) is 2. The van der Waals surface area contributed by atoms with Gasteiger partial charge in [0.1, 0.15) is 0 Å². The molecule has 0 aromatic heterocycles. The molecule has 1 saturated carbocycles. The van der Waals surface area contributed by atoms with Crippen LogP contribution in [0.2, 0.25) is 0 Å². The van der Waals surface area contributed by atoms with Crippen molar-refractivity contribution in [1.29, 1.82) is 0 Å². The minimum Gasteiger partial charge on any atom is -0.349 e. The van der Waals surface area contributed by atoms with Gasteiger partial charge < -0.3 is 5.32 Å². The van der Waals surface area contributed by atoms with Crippen LogP contribution < -0.4 is 10.0 Å². The summed E-state index contributed by atoms with van der Waals surface area (Å²) in [7, 11) is -3.63. The molecule has 0 bridgehead atoms. The first kappa shape index (κ1) is 15.2. The first-order chi connectivity index (χ1) is 9.44. The molecule has 2 N–H and O–H groups in total. The molecular formula is C13H15BrN2O3S. The molecule has 5 nitrogen and oxygen atoms in total. The lowest BCUT2D eigenvalue weighted by atomic mass is 10.2. The zero-order valence-corrected chi connectivity index (χ0v) is 13.1. The number of benzene rings is 1. The van der Waals surface area contributed by atoms with Gasteiger partial charge in [0.2, 0.25) is 10.0 Å². The zero-order chi connectivity index (χ0) is 14.8. The predicted octanol–water partition coefficient (Wildman–Crippen LogP) is 1.81. The summed E-state index contributed by atoms with van der Waals surface area (Å²) >= 11 is 3.27. The summed E-state index contributed by atoms with van der Waals surface area (Å²) in [6.45, 7) is 3.60. The van der Waals surface area contributed by atoms with Crippen LogP contribution in [0.15, 0.2) is 40.2 Å². The largest absolute Gasteiger partial charge is 0.349 e. The predicted molar refractivity (Wildman–Crippen MR) is 80.0 cm³/mol. The molecule has 0 radical (unpaired) electrons. The van der Waals surface area contributed by atoms with E-state index in [9.17, 15) is 13.2 Å². The molecule has 1 aromatic rings. The van der Waals surface area contributed by atoms with Gasteiger partial charge >= 0.3 is 0 Å². The summed E-state index contributed by atoms with van der Waals surface area (Å²) in [6, 6.07) is 4.59. The molecule has 0 unspecified atom stereocenters. The van der Waals surface area contributed by atoms with E-state index in [-0.39, 0.29) is 23.4 Å². The van der Waals surface area contributed by atoms with Crippen molar-refractivity contribution in [3.8, 4) is 0 Å². The maximum atomic E-state index is 12.0. The highest BCUT2D eigenvalue weighted by Crippen LogP contribution is 2.24. The van der Waals surface area contributed by atoms with Crippen molar-refractivity contribution < 1.29 is 13.2 Å². The number of rotatable bonds is 6. The summed E-state index contributed by atoms with van der Waals surface area (Å²) in [4.78, 5) is 12.1. The molecule has 108 valence electrons. The first-order valence-electron chi connectivity index (χ1n) is 6.15. The quantitative estimate of drug-likeness (QED) is 0.761. The van der Waals surface area contributed by atoms with Crippen LogP contribution in [-0.4, -0.2) is 26.9 Å². The van der Waals surface area contributed by atoms with Gasteiger partial charge in [-0.3, -0.25) is 4.79 Å². The van der Waals surface area contributed by atoms with Crippen molar-refractivity contribution in [2.45, 2.75) is 23.8 Å². The fraction of sp³-hybridized carbons (Fsp3) is 0.308. The van der Waals surface area contributed by atoms with Gasteiger partial charge in [-0.15, -0.1) is 6.58 Å². The number of hydrogen-bond acceptors (Lipinski definition) is 3. The van der Waals surface area contributed by atoms with E-state index in [1.54, 1.807) is 6.07 Å². The SMILES string of the molecule is C=CCNS(=O)(=O)c1ccc(Br)c(C(=O)NC2CC2)c1. The van der Waals surface area contributed by atoms with E-state index in [0.29, 0.717) is 10.0 Å². The average Bonchev–Trinajstić information content (AvgIpc) is 3.20. The topological polar surface area (TPSA) is 75.3 Å². The van der Waals surface area contributed by atoms with Gasteiger partial charge in [0.15, 0.2) is 0 Å². The van der Waals surface area contributed by atoms with Crippen LogP contribution in [0.5, 0.6) is 0 Å². The van der Waals surface area contributed by atoms with E-state index in [4.69, 9.17) is 0 Å². The molecule has 1 aromatic carbocycles. The lowest BCUT2D eigenvalue weighted by Crippen LogP contribution is -2.27. The molecule has 0 saturated heterocycles. The molecular weight excluding hydrogens is 344 g/mol. The monoisotopic (exact) mass is 358 g/mol. The van der Waals surface area contributed by atoms with Crippen molar-refractivity contribution in [3.63, 3.8) is 0 Å². The van der Waals surface area contributed by atoms with E-state index >= 15 is 0 Å². The molecule has 1 aliphatic rings. The van der Waals surface area contributed by atoms with Crippen LogP contribution in [0.4, 0.5) is 0 Å². The van der Waals surface area contributed by atoms with Crippen LogP contribution in [0.3, 0.4) is 0 Å². The van der Waals surface area contributed by atoms with Crippen molar-refractivity contribution in [1.82, 2.24) is 10.0 Å². The summed E-state index contributed by atoms with van der Waals surface area (Å²) in [5.41, 5.74) is 0.318. The minimum absolute atomic E-state index is 0.0588. The Labute approximate surface area is 126 Å². The smallest absolute Gasteiger partial charge is 0.252 e. The lowest BCUT2D eigenvalue weighted by Gasteiger charge is -2.09. The second kappa shape index (κ2) is 6.07. The number of carbonyl (C=O) groups is 1. The standard InChI is InChI=1S/C13H15BrN2O3S/c1-2-7-15-20(18,19)10-5-6-12(14)11(8-10)13(17)16-9-3-4-9/h2,5-6,8-9,15H,1,3-4,7H2,(H,16,17). The highest BCUT2D eigenvalue weighted by atomic mass is 79.9. The number of sulfonamides is 1. The molecule has 1 aliphatic carbocycles. The van der Waals surface area contributed by atoms with E-state index in [0.717, 1.165) is 12.8 Å². The van der Waals surface area contributed by atoms with Crippen molar-refractivity contribution >= 4 is 31.9 Å². The first-order valence-corrected chi connectivity index (χ1v) is 8.42. The second-order valence-electron chi connectivity index (χ2n) is 4.53. The van der Waals surface area contributed by atoms with Gasteiger partial charge in [0.25, 0.3) is 5.91 Å². The lowest BCUT2D eigenvalue weighted by molar-refractivity contribution is 0.0950. The van der Waals surface area contributed by atoms with Crippen molar-refractivity contribution in [2.75, 3.05) is 6.54 Å². The third kappa shape index (κ3) is 3.68. The maximum Gasteiger partial charge on any atom is 0.252 e. The second-order valence-corrected chi connectivity index (χ2v) is 7.15. The van der Waals surface area contributed by atoms with Crippen LogP contribution in [0, 0.1) is 0 Å². The van der Waals surface area contributed by atoms with Crippen LogP contribution in [0.25, 0.3) is 0 Å². The van der Waals surface area contributed by atoms with Crippen LogP contribution in [0.1, 0.15) is 23.2 Å². The number of carbonyl (C=O) groups excluding carboxylic acids is 1. The van der Waals surface area contributed by atoms with Crippen molar-refractivity contribution in [2.24, 2.45) is 0 Å². The highest BCUT2D eigenvalue weighted by molar-refractivity contribution is 9.10. The number of nitrogens with one attached hydrogen (secondary N) is 2. The number of amides is 1. The van der Waals surface area contributed by atoms with Crippen LogP contribution in [-0.2, 0) is 10.0 Å². The van der Waals surface area contributed by atoms with Crippen molar-refractivity contribution in [3.05, 3.63) is 40.9 Å². The Balaban J connectivity index is 2.27. The molecule has 1 amide bonds. The molecule has 0 heterocycles. The molecule has 2 rings (SSSR count). The van der Waals surface area contributed by atoms with E-state index in [1.165, 1.54) is 18.2 Å². The third-order valence-corrected chi connectivity index (χ3v) is 4.94. The molecule has 20 heavy (non-hydrogen) atoms. The number of halogens is 1. The average molecular weight is 359 g/mol. The third-order valence-electron chi connectivity index (χ3n) is 2.82. The van der Waals surface area contributed by atoms with Gasteiger partial charge in [0, 0.05) is 17.1 Å². The Morgan fingerprint density at radius 3 is 2.75 bits per heavy atom. The Hall–Kier alpha value is -1.18. The summed E-state index contributed by atoms with van der Waals surface area (Å²) < 4.78 is 27.0. The van der Waals surface area contributed by atoms with Gasteiger partial charge in [-0.25, -0.2) is 13.1 Å². The Morgan fingerprint density at radius 2 is 2.15 bits per heavy atom. The van der Waals surface area contributed by atoms with Crippen LogP contribution >= 0.6 is 15.9 Å². The van der Waals surface area contributed by atoms with Gasteiger partial charge in [-0.2, -0.15) is 0 Å². The highest BCUT2D eigenvalue weighted by Gasteiger charge is 2.25. The van der Waals surface area contributed by atoms with Gasteiger partial charge in [-0.1, -0.05) is 6.08 Å². The summed E-state index contributed by atoms with van der Waals surface area (Å²) in [5, 5.41) is 2.83. The molecule has 1 fully saturated rings. The molecule has 0 atom stereocenters. The Bertz CT molecular complexity index is 639. The minimum atomic E-state index is -3.63. The Morgan fingerprint density at radius 1 is 1.45 bits per heavy atom. The zero-order valence-electron chi connectivity index (χ0n) is 10.7. The molecule has 0 aliphatic heterocycles. The normalized spacial score (nSPS) is 14.8. The fourth-order valence-corrected chi connectivity index (χ4v) is 3.04. The van der Waals surface area contributed by atoms with E-state index in [2.05, 4.69) is 32.5 Å². The summed E-state index contributed by atoms with van der Waals surface area (Å²) in [6.07, 6.45) is 3.40. The van der Waals surface area contributed by atoms with E-state index < -0.39 is 10.0 Å². The van der Waals surface area contributed by atoms with Gasteiger partial charge in [0.05, 0.1) is 10.5 Å². The maximum absolute atomic E-state index is 12.0.